The second-order valence-corrected chi connectivity index (χ2v) is 5.42. The number of fused-ring (bicyclic) bond motifs is 1. The van der Waals surface area contributed by atoms with Crippen LogP contribution in [-0.4, -0.2) is 23.1 Å². The third kappa shape index (κ3) is 3.10. The predicted molar refractivity (Wildman–Crippen MR) is 84.6 cm³/mol. The van der Waals surface area contributed by atoms with Crippen LogP contribution in [0, 0.1) is 0 Å². The fraction of sp³-hybridized carbons (Fsp3) is 0.375. The second kappa shape index (κ2) is 6.31. The van der Waals surface area contributed by atoms with E-state index in [0.717, 1.165) is 48.9 Å². The quantitative estimate of drug-likeness (QED) is 0.803. The first-order valence-electron chi connectivity index (χ1n) is 7.31. The molecule has 0 unspecified atom stereocenters. The topological polar surface area (TPSA) is 38.2 Å². The summed E-state index contributed by atoms with van der Waals surface area (Å²) in [6.45, 7) is 3.68. The standard InChI is InChI=1S/C16H18ClN3O/c1-2-6-15-18-14(17)11-16(19-15)20-9-5-10-21-13-8-4-3-7-12(13)20/h3-4,7-8,11H,2,5-6,9-10H2,1H3. The van der Waals surface area contributed by atoms with Crippen molar-refractivity contribution in [2.24, 2.45) is 0 Å². The van der Waals surface area contributed by atoms with Crippen molar-refractivity contribution in [3.63, 3.8) is 0 Å². The van der Waals surface area contributed by atoms with Crippen molar-refractivity contribution in [1.29, 1.82) is 0 Å². The Kier molecular flexibility index (Phi) is 4.25. The van der Waals surface area contributed by atoms with Crippen LogP contribution in [0.1, 0.15) is 25.6 Å². The molecule has 1 aliphatic rings. The number of ether oxygens (including phenoxy) is 1. The average Bonchev–Trinajstić information content (AvgIpc) is 2.69. The van der Waals surface area contributed by atoms with Crippen LogP contribution < -0.4 is 9.64 Å². The molecule has 0 amide bonds. The molecule has 0 saturated carbocycles. The molecule has 1 aromatic carbocycles. The molecular formula is C16H18ClN3O. The first-order valence-corrected chi connectivity index (χ1v) is 7.68. The Morgan fingerprint density at radius 1 is 1.29 bits per heavy atom. The number of aryl methyl sites for hydroxylation is 1. The van der Waals surface area contributed by atoms with E-state index in [-0.39, 0.29) is 0 Å². The molecule has 0 aliphatic carbocycles. The van der Waals surface area contributed by atoms with Gasteiger partial charge in [-0.2, -0.15) is 0 Å². The van der Waals surface area contributed by atoms with Crippen LogP contribution in [0.5, 0.6) is 5.75 Å². The molecule has 5 heteroatoms. The lowest BCUT2D eigenvalue weighted by Gasteiger charge is -2.23. The van der Waals surface area contributed by atoms with Gasteiger partial charge in [-0.3, -0.25) is 0 Å². The van der Waals surface area contributed by atoms with Crippen molar-refractivity contribution in [2.45, 2.75) is 26.2 Å². The summed E-state index contributed by atoms with van der Waals surface area (Å²) in [4.78, 5) is 11.1. The Morgan fingerprint density at radius 3 is 3.00 bits per heavy atom. The molecule has 21 heavy (non-hydrogen) atoms. The number of anilines is 2. The molecular weight excluding hydrogens is 286 g/mol. The van der Waals surface area contributed by atoms with Crippen LogP contribution in [0.2, 0.25) is 5.15 Å². The van der Waals surface area contributed by atoms with Crippen molar-refractivity contribution in [3.8, 4) is 5.75 Å². The molecule has 0 saturated heterocycles. The largest absolute Gasteiger partial charge is 0.491 e. The molecule has 2 heterocycles. The summed E-state index contributed by atoms with van der Waals surface area (Å²) < 4.78 is 5.79. The van der Waals surface area contributed by atoms with E-state index in [0.29, 0.717) is 11.8 Å². The molecule has 3 rings (SSSR count). The molecule has 0 fully saturated rings. The maximum atomic E-state index is 6.16. The van der Waals surface area contributed by atoms with Crippen LogP contribution in [0.15, 0.2) is 30.3 Å². The number of halogens is 1. The third-order valence-corrected chi connectivity index (χ3v) is 3.61. The van der Waals surface area contributed by atoms with E-state index in [1.54, 1.807) is 0 Å². The van der Waals surface area contributed by atoms with Crippen LogP contribution in [0.25, 0.3) is 0 Å². The Hall–Kier alpha value is -1.81. The maximum absolute atomic E-state index is 6.16. The van der Waals surface area contributed by atoms with Gasteiger partial charge in [-0.05, 0) is 25.0 Å². The van der Waals surface area contributed by atoms with E-state index in [2.05, 4.69) is 27.9 Å². The van der Waals surface area contributed by atoms with Crippen molar-refractivity contribution in [2.75, 3.05) is 18.1 Å². The Morgan fingerprint density at radius 2 is 2.14 bits per heavy atom. The maximum Gasteiger partial charge on any atom is 0.142 e. The molecule has 1 aliphatic heterocycles. The zero-order valence-electron chi connectivity index (χ0n) is 12.1. The zero-order chi connectivity index (χ0) is 14.7. The SMILES string of the molecule is CCCc1nc(Cl)cc(N2CCCOc3ccccc32)n1. The number of benzene rings is 1. The summed E-state index contributed by atoms with van der Waals surface area (Å²) in [6, 6.07) is 9.86. The highest BCUT2D eigenvalue weighted by molar-refractivity contribution is 6.29. The van der Waals surface area contributed by atoms with Gasteiger partial charge in [0.05, 0.1) is 12.3 Å². The summed E-state index contributed by atoms with van der Waals surface area (Å²) in [5, 5.41) is 0.492. The first kappa shape index (κ1) is 14.1. The van der Waals surface area contributed by atoms with Crippen LogP contribution in [-0.2, 0) is 6.42 Å². The molecule has 0 radical (unpaired) electrons. The van der Waals surface area contributed by atoms with Crippen LogP contribution >= 0.6 is 11.6 Å². The van der Waals surface area contributed by atoms with Crippen LogP contribution in [0.4, 0.5) is 11.5 Å². The van der Waals surface area contributed by atoms with Gasteiger partial charge in [0, 0.05) is 19.0 Å². The van der Waals surface area contributed by atoms with E-state index in [9.17, 15) is 0 Å². The van der Waals surface area contributed by atoms with Crippen molar-refractivity contribution in [3.05, 3.63) is 41.3 Å². The highest BCUT2D eigenvalue weighted by Gasteiger charge is 2.19. The second-order valence-electron chi connectivity index (χ2n) is 5.04. The van der Waals surface area contributed by atoms with Gasteiger partial charge in [0.25, 0.3) is 0 Å². The predicted octanol–water partition coefficient (Wildman–Crippen LogP) is 4.00. The molecule has 0 N–H and O–H groups in total. The molecule has 0 spiro atoms. The highest BCUT2D eigenvalue weighted by atomic mass is 35.5. The summed E-state index contributed by atoms with van der Waals surface area (Å²) >= 11 is 6.16. The minimum atomic E-state index is 0.492. The molecule has 4 nitrogen and oxygen atoms in total. The Bertz CT molecular complexity index is 633. The minimum Gasteiger partial charge on any atom is -0.491 e. The van der Waals surface area contributed by atoms with Gasteiger partial charge in [0.2, 0.25) is 0 Å². The van der Waals surface area contributed by atoms with Crippen molar-refractivity contribution < 1.29 is 4.74 Å². The smallest absolute Gasteiger partial charge is 0.142 e. The first-order chi connectivity index (χ1) is 10.3. The number of nitrogens with zero attached hydrogens (tertiary/aromatic N) is 3. The molecule has 110 valence electrons. The van der Waals surface area contributed by atoms with E-state index in [1.807, 2.05) is 24.3 Å². The van der Waals surface area contributed by atoms with Gasteiger partial charge in [-0.25, -0.2) is 9.97 Å². The molecule has 0 atom stereocenters. The number of aromatic nitrogens is 2. The molecule has 2 aromatic rings. The minimum absolute atomic E-state index is 0.492. The summed E-state index contributed by atoms with van der Waals surface area (Å²) in [7, 11) is 0. The lowest BCUT2D eigenvalue weighted by Crippen LogP contribution is -2.19. The van der Waals surface area contributed by atoms with Gasteiger partial charge < -0.3 is 9.64 Å². The van der Waals surface area contributed by atoms with Crippen molar-refractivity contribution >= 4 is 23.1 Å². The number of hydrogen-bond acceptors (Lipinski definition) is 4. The van der Waals surface area contributed by atoms with E-state index in [4.69, 9.17) is 16.3 Å². The normalized spacial score (nSPS) is 14.3. The van der Waals surface area contributed by atoms with Gasteiger partial charge in [-0.15, -0.1) is 0 Å². The van der Waals surface area contributed by atoms with Crippen molar-refractivity contribution in [1.82, 2.24) is 9.97 Å². The fourth-order valence-corrected chi connectivity index (χ4v) is 2.69. The monoisotopic (exact) mass is 303 g/mol. The number of para-hydroxylation sites is 2. The van der Waals surface area contributed by atoms with Gasteiger partial charge >= 0.3 is 0 Å². The molecule has 0 bridgehead atoms. The van der Waals surface area contributed by atoms with Gasteiger partial charge in [0.1, 0.15) is 22.5 Å². The number of rotatable bonds is 3. The van der Waals surface area contributed by atoms with E-state index in [1.165, 1.54) is 0 Å². The number of hydrogen-bond donors (Lipinski definition) is 0. The van der Waals surface area contributed by atoms with E-state index >= 15 is 0 Å². The average molecular weight is 304 g/mol. The Balaban J connectivity index is 2.03. The highest BCUT2D eigenvalue weighted by Crippen LogP contribution is 2.35. The van der Waals surface area contributed by atoms with Gasteiger partial charge in [0.15, 0.2) is 0 Å². The lowest BCUT2D eigenvalue weighted by atomic mass is 10.2. The lowest BCUT2D eigenvalue weighted by molar-refractivity contribution is 0.322. The molecule has 1 aromatic heterocycles. The van der Waals surface area contributed by atoms with Crippen LogP contribution in [0.3, 0.4) is 0 Å². The van der Waals surface area contributed by atoms with Gasteiger partial charge in [-0.1, -0.05) is 30.7 Å². The summed E-state index contributed by atoms with van der Waals surface area (Å²) in [5.74, 6) is 2.53. The van der Waals surface area contributed by atoms with E-state index < -0.39 is 0 Å². The third-order valence-electron chi connectivity index (χ3n) is 3.42. The fourth-order valence-electron chi connectivity index (χ4n) is 2.49. The zero-order valence-corrected chi connectivity index (χ0v) is 12.8. The Labute approximate surface area is 129 Å². The summed E-state index contributed by atoms with van der Waals surface area (Å²) in [5.41, 5.74) is 1.03. The summed E-state index contributed by atoms with van der Waals surface area (Å²) in [6.07, 6.45) is 2.78.